The molecule has 33 heavy (non-hydrogen) atoms. The maximum absolute atomic E-state index is 13.1. The van der Waals surface area contributed by atoms with Crippen molar-refractivity contribution in [1.29, 1.82) is 0 Å². The van der Waals surface area contributed by atoms with E-state index in [0.29, 0.717) is 12.1 Å². The Bertz CT molecular complexity index is 1420. The van der Waals surface area contributed by atoms with Gasteiger partial charge in [-0.1, -0.05) is 24.3 Å². The van der Waals surface area contributed by atoms with Crippen LogP contribution in [0, 0.1) is 13.8 Å². The molecular formula is C26H23N5OS. The van der Waals surface area contributed by atoms with Crippen LogP contribution in [-0.2, 0) is 6.54 Å². The standard InChI is InChI=1S/C26H23N5OS/c1-17-8-10-19(13-27-17)14-29-26(32)20-12-22(30-21-6-4-3-5-7-21)25-28-15-23(31(25)16-20)24-11-9-18(2)33-24/h3-13,15-16,30H,14H2,1-2H3,(H,29,32). The van der Waals surface area contributed by atoms with Crippen LogP contribution in [0.25, 0.3) is 16.2 Å². The fraction of sp³-hybridized carbons (Fsp3) is 0.115. The van der Waals surface area contributed by atoms with Crippen LogP contribution in [0.4, 0.5) is 11.4 Å². The number of hydrogen-bond donors (Lipinski definition) is 2. The summed E-state index contributed by atoms with van der Waals surface area (Å²) in [6, 6.07) is 19.8. The highest BCUT2D eigenvalue weighted by atomic mass is 32.1. The van der Waals surface area contributed by atoms with E-state index in [9.17, 15) is 4.79 Å². The average molecular weight is 454 g/mol. The Morgan fingerprint density at radius 2 is 1.85 bits per heavy atom. The molecule has 1 aromatic carbocycles. The molecule has 0 fully saturated rings. The molecule has 0 spiro atoms. The van der Waals surface area contributed by atoms with Gasteiger partial charge in [-0.15, -0.1) is 11.3 Å². The molecule has 0 unspecified atom stereocenters. The number of aromatic nitrogens is 3. The summed E-state index contributed by atoms with van der Waals surface area (Å²) in [5.74, 6) is -0.157. The van der Waals surface area contributed by atoms with Gasteiger partial charge >= 0.3 is 0 Å². The van der Waals surface area contributed by atoms with Gasteiger partial charge < -0.3 is 10.6 Å². The fourth-order valence-corrected chi connectivity index (χ4v) is 4.50. The number of thiophene rings is 1. The number of amides is 1. The third-order valence-electron chi connectivity index (χ3n) is 5.34. The molecule has 0 saturated carbocycles. The number of carbonyl (C=O) groups excluding carboxylic acids is 1. The number of imidazole rings is 1. The zero-order valence-electron chi connectivity index (χ0n) is 18.4. The van der Waals surface area contributed by atoms with Gasteiger partial charge in [-0.05, 0) is 55.8 Å². The molecule has 0 radical (unpaired) electrons. The van der Waals surface area contributed by atoms with Crippen LogP contribution in [0.15, 0.2) is 79.3 Å². The van der Waals surface area contributed by atoms with Crippen LogP contribution in [0.5, 0.6) is 0 Å². The molecule has 5 aromatic rings. The van der Waals surface area contributed by atoms with E-state index >= 15 is 0 Å². The van der Waals surface area contributed by atoms with Crippen LogP contribution >= 0.6 is 11.3 Å². The summed E-state index contributed by atoms with van der Waals surface area (Å²) in [7, 11) is 0. The Balaban J connectivity index is 1.52. The van der Waals surface area contributed by atoms with E-state index in [2.05, 4.69) is 39.7 Å². The first kappa shape index (κ1) is 20.9. The van der Waals surface area contributed by atoms with Gasteiger partial charge in [0.05, 0.1) is 28.0 Å². The molecule has 0 saturated heterocycles. The lowest BCUT2D eigenvalue weighted by molar-refractivity contribution is 0.0950. The minimum Gasteiger partial charge on any atom is -0.352 e. The quantitative estimate of drug-likeness (QED) is 0.343. The lowest BCUT2D eigenvalue weighted by atomic mass is 10.2. The molecule has 164 valence electrons. The predicted molar refractivity (Wildman–Crippen MR) is 133 cm³/mol. The first-order chi connectivity index (χ1) is 16.1. The van der Waals surface area contributed by atoms with E-state index in [-0.39, 0.29) is 5.91 Å². The molecule has 4 aromatic heterocycles. The highest BCUT2D eigenvalue weighted by Crippen LogP contribution is 2.31. The van der Waals surface area contributed by atoms with Crippen molar-refractivity contribution in [2.24, 2.45) is 0 Å². The van der Waals surface area contributed by atoms with Gasteiger partial charge in [0.1, 0.15) is 0 Å². The second kappa shape index (κ2) is 8.88. The number of fused-ring (bicyclic) bond motifs is 1. The summed E-state index contributed by atoms with van der Waals surface area (Å²) in [6.07, 6.45) is 5.50. The molecule has 0 atom stereocenters. The monoisotopic (exact) mass is 453 g/mol. The first-order valence-corrected chi connectivity index (χ1v) is 11.5. The fourth-order valence-electron chi connectivity index (χ4n) is 3.62. The van der Waals surface area contributed by atoms with Crippen LogP contribution in [0.1, 0.15) is 26.5 Å². The van der Waals surface area contributed by atoms with Crippen molar-refractivity contribution in [3.8, 4) is 10.6 Å². The minimum atomic E-state index is -0.157. The Hall–Kier alpha value is -3.97. The number of nitrogens with zero attached hydrogens (tertiary/aromatic N) is 3. The topological polar surface area (TPSA) is 71.3 Å². The maximum Gasteiger partial charge on any atom is 0.253 e. The van der Waals surface area contributed by atoms with Crippen LogP contribution < -0.4 is 10.6 Å². The summed E-state index contributed by atoms with van der Waals surface area (Å²) in [5.41, 5.74) is 5.87. The Morgan fingerprint density at radius 1 is 1.00 bits per heavy atom. The van der Waals surface area contributed by atoms with Gasteiger partial charge in [-0.3, -0.25) is 14.2 Å². The average Bonchev–Trinajstić information content (AvgIpc) is 3.45. The highest BCUT2D eigenvalue weighted by Gasteiger charge is 2.16. The summed E-state index contributed by atoms with van der Waals surface area (Å²) in [5, 5.41) is 6.43. The van der Waals surface area contributed by atoms with E-state index in [1.807, 2.05) is 72.2 Å². The van der Waals surface area contributed by atoms with Gasteiger partial charge in [0.15, 0.2) is 5.65 Å². The van der Waals surface area contributed by atoms with Gasteiger partial charge in [-0.25, -0.2) is 4.98 Å². The Kier molecular flexibility index (Phi) is 5.62. The number of carbonyl (C=O) groups is 1. The van der Waals surface area contributed by atoms with Crippen molar-refractivity contribution in [3.05, 3.63) is 101 Å². The third kappa shape index (κ3) is 4.49. The number of rotatable bonds is 6. The van der Waals surface area contributed by atoms with E-state index in [1.165, 1.54) is 4.88 Å². The van der Waals surface area contributed by atoms with Crippen molar-refractivity contribution < 1.29 is 4.79 Å². The third-order valence-corrected chi connectivity index (χ3v) is 6.36. The normalized spacial score (nSPS) is 11.0. The molecule has 2 N–H and O–H groups in total. The smallest absolute Gasteiger partial charge is 0.253 e. The zero-order chi connectivity index (χ0) is 22.8. The Labute approximate surface area is 196 Å². The molecule has 4 heterocycles. The van der Waals surface area contributed by atoms with Crippen molar-refractivity contribution in [1.82, 2.24) is 19.7 Å². The second-order valence-corrected chi connectivity index (χ2v) is 9.16. The van der Waals surface area contributed by atoms with Crippen molar-refractivity contribution >= 4 is 34.3 Å². The van der Waals surface area contributed by atoms with E-state index in [1.54, 1.807) is 17.5 Å². The molecule has 7 heteroatoms. The van der Waals surface area contributed by atoms with Crippen molar-refractivity contribution in [2.75, 3.05) is 5.32 Å². The largest absolute Gasteiger partial charge is 0.352 e. The maximum atomic E-state index is 13.1. The zero-order valence-corrected chi connectivity index (χ0v) is 19.2. The van der Waals surface area contributed by atoms with Gasteiger partial charge in [-0.2, -0.15) is 0 Å². The molecule has 0 aliphatic heterocycles. The molecule has 1 amide bonds. The van der Waals surface area contributed by atoms with Crippen molar-refractivity contribution in [3.63, 3.8) is 0 Å². The number of aryl methyl sites for hydroxylation is 2. The lowest BCUT2D eigenvalue weighted by Gasteiger charge is -2.12. The Morgan fingerprint density at radius 3 is 2.58 bits per heavy atom. The molecule has 0 aliphatic rings. The number of para-hydroxylation sites is 1. The van der Waals surface area contributed by atoms with Crippen LogP contribution in [0.3, 0.4) is 0 Å². The predicted octanol–water partition coefficient (Wildman–Crippen LogP) is 5.75. The van der Waals surface area contributed by atoms with E-state index in [4.69, 9.17) is 0 Å². The summed E-state index contributed by atoms with van der Waals surface area (Å²) in [4.78, 5) is 24.4. The molecule has 0 bridgehead atoms. The minimum absolute atomic E-state index is 0.157. The van der Waals surface area contributed by atoms with E-state index in [0.717, 1.165) is 38.9 Å². The van der Waals surface area contributed by atoms with Gasteiger partial charge in [0.2, 0.25) is 0 Å². The number of hydrogen-bond acceptors (Lipinski definition) is 5. The van der Waals surface area contributed by atoms with Gasteiger partial charge in [0, 0.05) is 35.2 Å². The number of nitrogens with one attached hydrogen (secondary N) is 2. The summed E-state index contributed by atoms with van der Waals surface area (Å²) in [6.45, 7) is 4.43. The molecule has 0 aliphatic carbocycles. The van der Waals surface area contributed by atoms with Crippen molar-refractivity contribution in [2.45, 2.75) is 20.4 Å². The number of pyridine rings is 2. The second-order valence-electron chi connectivity index (χ2n) is 7.87. The first-order valence-electron chi connectivity index (χ1n) is 10.7. The number of anilines is 2. The number of benzene rings is 1. The SMILES string of the molecule is Cc1ccc(CNC(=O)c2cc(Nc3ccccc3)c3ncc(-c4ccc(C)s4)n3c2)cn1. The lowest BCUT2D eigenvalue weighted by Crippen LogP contribution is -2.23. The van der Waals surface area contributed by atoms with Gasteiger partial charge in [0.25, 0.3) is 5.91 Å². The van der Waals surface area contributed by atoms with Crippen LogP contribution in [-0.4, -0.2) is 20.3 Å². The van der Waals surface area contributed by atoms with E-state index < -0.39 is 0 Å². The molecular weight excluding hydrogens is 430 g/mol. The van der Waals surface area contributed by atoms with Crippen LogP contribution in [0.2, 0.25) is 0 Å². The highest BCUT2D eigenvalue weighted by molar-refractivity contribution is 7.15. The summed E-state index contributed by atoms with van der Waals surface area (Å²) >= 11 is 1.70. The molecule has 6 nitrogen and oxygen atoms in total. The summed E-state index contributed by atoms with van der Waals surface area (Å²) < 4.78 is 1.99. The molecule has 5 rings (SSSR count).